The van der Waals surface area contributed by atoms with E-state index in [2.05, 4.69) is 34.5 Å². The van der Waals surface area contributed by atoms with Crippen molar-refractivity contribution in [3.05, 3.63) is 71.6 Å². The van der Waals surface area contributed by atoms with E-state index in [1.807, 2.05) is 35.2 Å². The van der Waals surface area contributed by atoms with Crippen LogP contribution in [0.3, 0.4) is 0 Å². The number of nitrogens with zero attached hydrogens (tertiary/aromatic N) is 3. The van der Waals surface area contributed by atoms with E-state index in [0.717, 1.165) is 32.4 Å². The number of rotatable bonds is 3. The van der Waals surface area contributed by atoms with Gasteiger partial charge in [-0.15, -0.1) is 10.2 Å². The number of hydrogen-bond donors (Lipinski definition) is 0. The van der Waals surface area contributed by atoms with Crippen molar-refractivity contribution in [2.24, 2.45) is 0 Å². The second-order valence-corrected chi connectivity index (χ2v) is 7.00. The quantitative estimate of drug-likeness (QED) is 0.691. The zero-order valence-electron chi connectivity index (χ0n) is 15.5. The van der Waals surface area contributed by atoms with Crippen LogP contribution in [-0.2, 0) is 0 Å². The van der Waals surface area contributed by atoms with Crippen LogP contribution in [0.4, 0.5) is 0 Å². The van der Waals surface area contributed by atoms with Gasteiger partial charge in [0.05, 0.1) is 11.1 Å². The lowest BCUT2D eigenvalue weighted by molar-refractivity contribution is 0.0761. The Morgan fingerprint density at radius 2 is 1.78 bits per heavy atom. The van der Waals surface area contributed by atoms with E-state index in [1.165, 1.54) is 5.56 Å². The molecule has 0 spiro atoms. The third-order valence-electron chi connectivity index (χ3n) is 5.20. The molecule has 5 nitrogen and oxygen atoms in total. The first-order chi connectivity index (χ1) is 13.2. The fourth-order valence-electron chi connectivity index (χ4n) is 3.79. The standard InChI is InChI=1S/C22H23N3O2/c1-16-23-24-21(27-16)19-11-5-6-12-20(19)22(26)25-14-7-10-18(13-15-25)17-8-3-2-4-9-17/h2-6,8-9,11-12,18H,7,10,13-15H2,1H3/t18-/m1/s1. The topological polar surface area (TPSA) is 59.2 Å². The lowest BCUT2D eigenvalue weighted by Gasteiger charge is -2.21. The Bertz CT molecular complexity index is 920. The molecule has 27 heavy (non-hydrogen) atoms. The Balaban J connectivity index is 1.54. The van der Waals surface area contributed by atoms with Crippen LogP contribution in [0.2, 0.25) is 0 Å². The molecule has 3 aromatic rings. The molecule has 1 aliphatic rings. The minimum atomic E-state index is 0.0372. The first-order valence-electron chi connectivity index (χ1n) is 9.46. The zero-order valence-corrected chi connectivity index (χ0v) is 15.5. The first-order valence-corrected chi connectivity index (χ1v) is 9.46. The van der Waals surface area contributed by atoms with Gasteiger partial charge in [0.2, 0.25) is 11.8 Å². The molecule has 0 radical (unpaired) electrons. The fraction of sp³-hybridized carbons (Fsp3) is 0.318. The molecule has 1 atom stereocenters. The monoisotopic (exact) mass is 361 g/mol. The van der Waals surface area contributed by atoms with Gasteiger partial charge in [-0.2, -0.15) is 0 Å². The summed E-state index contributed by atoms with van der Waals surface area (Å²) in [7, 11) is 0. The summed E-state index contributed by atoms with van der Waals surface area (Å²) in [6.07, 6.45) is 3.10. The van der Waals surface area contributed by atoms with Gasteiger partial charge in [-0.1, -0.05) is 42.5 Å². The molecule has 0 aliphatic carbocycles. The Labute approximate surface area is 159 Å². The summed E-state index contributed by atoms with van der Waals surface area (Å²) in [6.45, 7) is 3.29. The van der Waals surface area contributed by atoms with Crippen molar-refractivity contribution in [2.75, 3.05) is 13.1 Å². The van der Waals surface area contributed by atoms with E-state index in [0.29, 0.717) is 28.8 Å². The predicted molar refractivity (Wildman–Crippen MR) is 103 cm³/mol. The number of amides is 1. The molecule has 138 valence electrons. The van der Waals surface area contributed by atoms with E-state index in [-0.39, 0.29) is 5.91 Å². The van der Waals surface area contributed by atoms with Crippen LogP contribution in [-0.4, -0.2) is 34.1 Å². The average molecular weight is 361 g/mol. The summed E-state index contributed by atoms with van der Waals surface area (Å²) < 4.78 is 5.55. The van der Waals surface area contributed by atoms with Crippen LogP contribution in [0.5, 0.6) is 0 Å². The second kappa shape index (κ2) is 7.74. The molecule has 1 fully saturated rings. The summed E-state index contributed by atoms with van der Waals surface area (Å²) in [4.78, 5) is 15.2. The number of carbonyl (C=O) groups excluding carboxylic acids is 1. The van der Waals surface area contributed by atoms with Crippen molar-refractivity contribution in [1.82, 2.24) is 15.1 Å². The summed E-state index contributed by atoms with van der Waals surface area (Å²) in [5, 5.41) is 7.98. The van der Waals surface area contributed by atoms with Gasteiger partial charge >= 0.3 is 0 Å². The minimum absolute atomic E-state index is 0.0372. The SMILES string of the molecule is Cc1nnc(-c2ccccc2C(=O)N2CCC[C@@H](c3ccccc3)CC2)o1. The number of carbonyl (C=O) groups is 1. The highest BCUT2D eigenvalue weighted by molar-refractivity contribution is 6.00. The van der Waals surface area contributed by atoms with Gasteiger partial charge in [0.15, 0.2) is 0 Å². The molecule has 0 bridgehead atoms. The molecular formula is C22H23N3O2. The summed E-state index contributed by atoms with van der Waals surface area (Å²) in [5.41, 5.74) is 2.69. The van der Waals surface area contributed by atoms with E-state index >= 15 is 0 Å². The number of benzene rings is 2. The maximum Gasteiger partial charge on any atom is 0.254 e. The summed E-state index contributed by atoms with van der Waals surface area (Å²) in [6, 6.07) is 18.1. The lowest BCUT2D eigenvalue weighted by Crippen LogP contribution is -2.32. The Hall–Kier alpha value is -2.95. The summed E-state index contributed by atoms with van der Waals surface area (Å²) >= 11 is 0. The molecule has 1 aromatic heterocycles. The van der Waals surface area contributed by atoms with Crippen LogP contribution >= 0.6 is 0 Å². The van der Waals surface area contributed by atoms with Crippen molar-refractivity contribution in [2.45, 2.75) is 32.1 Å². The molecule has 0 saturated carbocycles. The molecule has 1 saturated heterocycles. The van der Waals surface area contributed by atoms with E-state index in [9.17, 15) is 4.79 Å². The second-order valence-electron chi connectivity index (χ2n) is 7.00. The predicted octanol–water partition coefficient (Wildman–Crippen LogP) is 4.45. The molecule has 2 aromatic carbocycles. The zero-order chi connectivity index (χ0) is 18.6. The van der Waals surface area contributed by atoms with Crippen molar-refractivity contribution in [3.8, 4) is 11.5 Å². The van der Waals surface area contributed by atoms with Crippen molar-refractivity contribution in [1.29, 1.82) is 0 Å². The van der Waals surface area contributed by atoms with Crippen LogP contribution in [0.1, 0.15) is 47.0 Å². The Morgan fingerprint density at radius 1 is 1.00 bits per heavy atom. The molecule has 1 amide bonds. The van der Waals surface area contributed by atoms with Gasteiger partial charge < -0.3 is 9.32 Å². The van der Waals surface area contributed by atoms with Gasteiger partial charge in [0.25, 0.3) is 5.91 Å². The largest absolute Gasteiger partial charge is 0.421 e. The molecule has 2 heterocycles. The van der Waals surface area contributed by atoms with Crippen LogP contribution in [0.25, 0.3) is 11.5 Å². The van der Waals surface area contributed by atoms with E-state index < -0.39 is 0 Å². The van der Waals surface area contributed by atoms with Crippen LogP contribution in [0.15, 0.2) is 59.0 Å². The van der Waals surface area contributed by atoms with Crippen molar-refractivity contribution in [3.63, 3.8) is 0 Å². The third kappa shape index (κ3) is 3.77. The smallest absolute Gasteiger partial charge is 0.254 e. The van der Waals surface area contributed by atoms with E-state index in [4.69, 9.17) is 4.42 Å². The van der Waals surface area contributed by atoms with E-state index in [1.54, 1.807) is 6.92 Å². The Morgan fingerprint density at radius 3 is 2.56 bits per heavy atom. The van der Waals surface area contributed by atoms with Gasteiger partial charge in [-0.3, -0.25) is 4.79 Å². The van der Waals surface area contributed by atoms with Crippen LogP contribution in [0, 0.1) is 6.92 Å². The summed E-state index contributed by atoms with van der Waals surface area (Å²) in [5.74, 6) is 1.44. The van der Waals surface area contributed by atoms with Gasteiger partial charge in [0.1, 0.15) is 0 Å². The highest BCUT2D eigenvalue weighted by Crippen LogP contribution is 2.30. The minimum Gasteiger partial charge on any atom is -0.421 e. The number of aryl methyl sites for hydroxylation is 1. The normalized spacial score (nSPS) is 17.5. The maximum atomic E-state index is 13.2. The average Bonchev–Trinajstić information content (AvgIpc) is 3.00. The van der Waals surface area contributed by atoms with Gasteiger partial charge in [-0.25, -0.2) is 0 Å². The van der Waals surface area contributed by atoms with Crippen molar-refractivity contribution >= 4 is 5.91 Å². The Kier molecular flexibility index (Phi) is 5.01. The lowest BCUT2D eigenvalue weighted by atomic mass is 9.92. The molecule has 5 heteroatoms. The van der Waals surface area contributed by atoms with Gasteiger partial charge in [0, 0.05) is 20.0 Å². The molecule has 0 unspecified atom stereocenters. The molecular weight excluding hydrogens is 338 g/mol. The first kappa shape index (κ1) is 17.5. The van der Waals surface area contributed by atoms with Gasteiger partial charge in [-0.05, 0) is 42.9 Å². The number of hydrogen-bond acceptors (Lipinski definition) is 4. The molecule has 4 rings (SSSR count). The number of likely N-dealkylation sites (tertiary alicyclic amines) is 1. The molecule has 0 N–H and O–H groups in total. The molecule has 1 aliphatic heterocycles. The highest BCUT2D eigenvalue weighted by atomic mass is 16.4. The maximum absolute atomic E-state index is 13.2. The third-order valence-corrected chi connectivity index (χ3v) is 5.20. The van der Waals surface area contributed by atoms with Crippen molar-refractivity contribution < 1.29 is 9.21 Å². The van der Waals surface area contributed by atoms with Crippen LogP contribution < -0.4 is 0 Å². The fourth-order valence-corrected chi connectivity index (χ4v) is 3.79. The number of aromatic nitrogens is 2. The highest BCUT2D eigenvalue weighted by Gasteiger charge is 2.25.